The van der Waals surface area contributed by atoms with Crippen LogP contribution < -0.4 is 0 Å². The summed E-state index contributed by atoms with van der Waals surface area (Å²) >= 11 is 0. The monoisotopic (exact) mass is 196 g/mol. The first kappa shape index (κ1) is 9.27. The van der Waals surface area contributed by atoms with Gasteiger partial charge in [-0.05, 0) is 18.6 Å². The van der Waals surface area contributed by atoms with E-state index in [1.807, 2.05) is 12.1 Å². The molecule has 0 saturated carbocycles. The number of hydrogen-bond acceptors (Lipinski definition) is 3. The third kappa shape index (κ3) is 1.53. The maximum Gasteiger partial charge on any atom is 0.303 e. The van der Waals surface area contributed by atoms with E-state index in [2.05, 4.69) is 0 Å². The van der Waals surface area contributed by atoms with Gasteiger partial charge in [0.05, 0.1) is 24.9 Å². The first-order valence-corrected chi connectivity index (χ1v) is 4.56. The molecule has 76 valence electrons. The van der Waals surface area contributed by atoms with Crippen LogP contribution in [0.25, 0.3) is 0 Å². The SMILES string of the molecule is O=C(O)CCC1(c2ccco2)COC1. The topological polar surface area (TPSA) is 59.7 Å². The molecule has 1 aliphatic rings. The maximum atomic E-state index is 10.5. The molecule has 2 rings (SSSR count). The van der Waals surface area contributed by atoms with Gasteiger partial charge in [0.1, 0.15) is 5.76 Å². The smallest absolute Gasteiger partial charge is 0.303 e. The molecule has 0 unspecified atom stereocenters. The van der Waals surface area contributed by atoms with Gasteiger partial charge >= 0.3 is 5.97 Å². The molecule has 0 atom stereocenters. The molecule has 0 bridgehead atoms. The average molecular weight is 196 g/mol. The van der Waals surface area contributed by atoms with Crippen LogP contribution in [0.5, 0.6) is 0 Å². The highest BCUT2D eigenvalue weighted by Gasteiger charge is 2.42. The van der Waals surface area contributed by atoms with Gasteiger partial charge in [-0.2, -0.15) is 0 Å². The Morgan fingerprint density at radius 3 is 2.79 bits per heavy atom. The quantitative estimate of drug-likeness (QED) is 0.791. The molecule has 14 heavy (non-hydrogen) atoms. The minimum Gasteiger partial charge on any atom is -0.481 e. The van der Waals surface area contributed by atoms with E-state index in [0.29, 0.717) is 19.6 Å². The molecule has 1 saturated heterocycles. The van der Waals surface area contributed by atoms with E-state index >= 15 is 0 Å². The van der Waals surface area contributed by atoms with Crippen molar-refractivity contribution >= 4 is 5.97 Å². The van der Waals surface area contributed by atoms with E-state index in [1.54, 1.807) is 6.26 Å². The molecule has 0 amide bonds. The highest BCUT2D eigenvalue weighted by atomic mass is 16.5. The third-order valence-electron chi connectivity index (χ3n) is 2.62. The minimum atomic E-state index is -0.775. The van der Waals surface area contributed by atoms with Crippen LogP contribution in [0, 0.1) is 0 Å². The Morgan fingerprint density at radius 1 is 1.57 bits per heavy atom. The van der Waals surface area contributed by atoms with Gasteiger partial charge in [0.25, 0.3) is 0 Å². The standard InChI is InChI=1S/C10H12O4/c11-9(12)3-4-10(6-13-7-10)8-2-1-5-14-8/h1-2,5H,3-4,6-7H2,(H,11,12). The largest absolute Gasteiger partial charge is 0.481 e. The van der Waals surface area contributed by atoms with Crippen LogP contribution in [0.2, 0.25) is 0 Å². The summed E-state index contributed by atoms with van der Waals surface area (Å²) < 4.78 is 10.4. The second-order valence-corrected chi connectivity index (χ2v) is 3.64. The number of rotatable bonds is 4. The summed E-state index contributed by atoms with van der Waals surface area (Å²) in [5.41, 5.74) is -0.193. The molecule has 1 aromatic heterocycles. The Labute approximate surface area is 81.5 Å². The summed E-state index contributed by atoms with van der Waals surface area (Å²) in [5, 5.41) is 8.62. The number of aliphatic carboxylic acids is 1. The molecule has 1 aliphatic heterocycles. The van der Waals surface area contributed by atoms with Gasteiger partial charge in [-0.1, -0.05) is 0 Å². The number of hydrogen-bond donors (Lipinski definition) is 1. The van der Waals surface area contributed by atoms with E-state index < -0.39 is 5.97 Å². The number of carbonyl (C=O) groups is 1. The summed E-state index contributed by atoms with van der Waals surface area (Å²) in [6, 6.07) is 3.69. The normalized spacial score (nSPS) is 18.9. The Balaban J connectivity index is 2.07. The number of carboxylic acids is 1. The minimum absolute atomic E-state index is 0.157. The second kappa shape index (κ2) is 3.46. The van der Waals surface area contributed by atoms with Gasteiger partial charge in [-0.15, -0.1) is 0 Å². The van der Waals surface area contributed by atoms with Crippen molar-refractivity contribution in [3.05, 3.63) is 24.2 Å². The van der Waals surface area contributed by atoms with Crippen LogP contribution in [0.3, 0.4) is 0 Å². The van der Waals surface area contributed by atoms with Crippen LogP contribution in [0.1, 0.15) is 18.6 Å². The van der Waals surface area contributed by atoms with Gasteiger partial charge in [0, 0.05) is 6.42 Å². The highest BCUT2D eigenvalue weighted by molar-refractivity contribution is 5.66. The molecule has 0 aliphatic carbocycles. The van der Waals surface area contributed by atoms with Crippen molar-refractivity contribution in [2.75, 3.05) is 13.2 Å². The van der Waals surface area contributed by atoms with Gasteiger partial charge in [0.15, 0.2) is 0 Å². The highest BCUT2D eigenvalue weighted by Crippen LogP contribution is 2.36. The third-order valence-corrected chi connectivity index (χ3v) is 2.62. The van der Waals surface area contributed by atoms with Crippen LogP contribution in [-0.4, -0.2) is 24.3 Å². The Bertz CT molecular complexity index is 311. The van der Waals surface area contributed by atoms with E-state index in [-0.39, 0.29) is 11.8 Å². The van der Waals surface area contributed by atoms with Crippen molar-refractivity contribution in [2.24, 2.45) is 0 Å². The summed E-state index contributed by atoms with van der Waals surface area (Å²) in [5.74, 6) is 0.0628. The molecule has 4 nitrogen and oxygen atoms in total. The van der Waals surface area contributed by atoms with Crippen molar-refractivity contribution in [2.45, 2.75) is 18.3 Å². The van der Waals surface area contributed by atoms with Crippen LogP contribution in [-0.2, 0) is 14.9 Å². The molecular formula is C10H12O4. The Kier molecular flexibility index (Phi) is 2.29. The molecule has 2 heterocycles. The lowest BCUT2D eigenvalue weighted by molar-refractivity contribution is -0.139. The predicted molar refractivity (Wildman–Crippen MR) is 48.1 cm³/mol. The Hall–Kier alpha value is -1.29. The van der Waals surface area contributed by atoms with Gasteiger partial charge in [-0.3, -0.25) is 4.79 Å². The van der Waals surface area contributed by atoms with Crippen molar-refractivity contribution in [3.63, 3.8) is 0 Å². The molecule has 1 fully saturated rings. The second-order valence-electron chi connectivity index (χ2n) is 3.64. The van der Waals surface area contributed by atoms with E-state index in [0.717, 1.165) is 5.76 Å². The summed E-state index contributed by atoms with van der Waals surface area (Å²) in [7, 11) is 0. The first-order chi connectivity index (χ1) is 6.73. The maximum absolute atomic E-state index is 10.5. The first-order valence-electron chi connectivity index (χ1n) is 4.56. The lowest BCUT2D eigenvalue weighted by atomic mass is 9.79. The predicted octanol–water partition coefficient (Wildman–Crippen LogP) is 1.41. The van der Waals surface area contributed by atoms with E-state index in [4.69, 9.17) is 14.3 Å². The summed E-state index contributed by atoms with van der Waals surface area (Å²) in [6.07, 6.45) is 2.34. The Morgan fingerprint density at radius 2 is 2.36 bits per heavy atom. The van der Waals surface area contributed by atoms with Gasteiger partial charge < -0.3 is 14.3 Å². The van der Waals surface area contributed by atoms with Crippen molar-refractivity contribution < 1.29 is 19.1 Å². The lowest BCUT2D eigenvalue weighted by Gasteiger charge is -2.39. The average Bonchev–Trinajstić information content (AvgIpc) is 2.55. The molecule has 0 spiro atoms. The molecule has 0 aromatic carbocycles. The zero-order valence-electron chi connectivity index (χ0n) is 7.73. The summed E-state index contributed by atoms with van der Waals surface area (Å²) in [4.78, 5) is 10.5. The number of carboxylic acid groups (broad SMARTS) is 1. The van der Waals surface area contributed by atoms with Crippen LogP contribution in [0.4, 0.5) is 0 Å². The fourth-order valence-electron chi connectivity index (χ4n) is 1.68. The van der Waals surface area contributed by atoms with Crippen LogP contribution >= 0.6 is 0 Å². The molecule has 0 radical (unpaired) electrons. The molecule has 4 heteroatoms. The number of furan rings is 1. The van der Waals surface area contributed by atoms with E-state index in [1.165, 1.54) is 0 Å². The zero-order chi connectivity index (χ0) is 10.0. The molecule has 1 N–H and O–H groups in total. The van der Waals surface area contributed by atoms with Crippen LogP contribution in [0.15, 0.2) is 22.8 Å². The lowest BCUT2D eigenvalue weighted by Crippen LogP contribution is -2.46. The van der Waals surface area contributed by atoms with Gasteiger partial charge in [-0.25, -0.2) is 0 Å². The van der Waals surface area contributed by atoms with E-state index in [9.17, 15) is 4.79 Å². The van der Waals surface area contributed by atoms with Crippen molar-refractivity contribution in [1.29, 1.82) is 0 Å². The molecular weight excluding hydrogens is 184 g/mol. The number of ether oxygens (including phenoxy) is 1. The van der Waals surface area contributed by atoms with Crippen molar-refractivity contribution in [3.8, 4) is 0 Å². The molecule has 1 aromatic rings. The fraction of sp³-hybridized carbons (Fsp3) is 0.500. The summed E-state index contributed by atoms with van der Waals surface area (Å²) in [6.45, 7) is 1.13. The fourth-order valence-corrected chi connectivity index (χ4v) is 1.68. The van der Waals surface area contributed by atoms with Crippen molar-refractivity contribution in [1.82, 2.24) is 0 Å². The zero-order valence-corrected chi connectivity index (χ0v) is 7.73. The van der Waals surface area contributed by atoms with Gasteiger partial charge in [0.2, 0.25) is 0 Å².